The summed E-state index contributed by atoms with van der Waals surface area (Å²) in [5, 5.41) is 7.93. The van der Waals surface area contributed by atoms with Crippen molar-refractivity contribution < 1.29 is 31.9 Å². The van der Waals surface area contributed by atoms with Gasteiger partial charge in [0.1, 0.15) is 12.4 Å². The number of aromatic nitrogens is 1. The van der Waals surface area contributed by atoms with Gasteiger partial charge in [0.15, 0.2) is 5.58 Å². The maximum absolute atomic E-state index is 12.3. The van der Waals surface area contributed by atoms with Crippen LogP contribution in [0.4, 0.5) is 13.2 Å². The molecule has 148 valence electrons. The number of alkyl halides is 3. The molecule has 4 rings (SSSR count). The van der Waals surface area contributed by atoms with Crippen LogP contribution in [0.3, 0.4) is 0 Å². The minimum Gasteiger partial charge on any atom is -0.473 e. The molecule has 1 aliphatic rings. The van der Waals surface area contributed by atoms with Gasteiger partial charge >= 0.3 is 6.36 Å². The van der Waals surface area contributed by atoms with Crippen LogP contribution in [-0.4, -0.2) is 43.9 Å². The van der Waals surface area contributed by atoms with Gasteiger partial charge in [-0.15, -0.1) is 13.2 Å². The number of nitrogens with one attached hydrogen (secondary N) is 1. The van der Waals surface area contributed by atoms with Gasteiger partial charge in [0.2, 0.25) is 0 Å². The van der Waals surface area contributed by atoms with E-state index >= 15 is 0 Å². The number of nitrogens with zero attached hydrogens (tertiary/aromatic N) is 1. The molecule has 1 aromatic heterocycles. The van der Waals surface area contributed by atoms with E-state index in [9.17, 15) is 13.2 Å². The second kappa shape index (κ2) is 7.69. The zero-order valence-electron chi connectivity index (χ0n) is 14.7. The fourth-order valence-electron chi connectivity index (χ4n) is 2.96. The van der Waals surface area contributed by atoms with Crippen molar-refractivity contribution in [2.24, 2.45) is 0 Å². The molecule has 0 unspecified atom stereocenters. The molecule has 9 heteroatoms. The minimum atomic E-state index is -4.71. The summed E-state index contributed by atoms with van der Waals surface area (Å²) in [5.41, 5.74) is 2.08. The van der Waals surface area contributed by atoms with Crippen molar-refractivity contribution in [2.75, 3.05) is 26.4 Å². The fourth-order valence-corrected chi connectivity index (χ4v) is 2.96. The van der Waals surface area contributed by atoms with Gasteiger partial charge in [0, 0.05) is 6.54 Å². The number of hydrogen-bond acceptors (Lipinski definition) is 6. The number of benzene rings is 2. The highest BCUT2D eigenvalue weighted by atomic mass is 19.4. The number of morpholine rings is 1. The van der Waals surface area contributed by atoms with Crippen LogP contribution in [0.1, 0.15) is 0 Å². The molecule has 0 radical (unpaired) electrons. The molecule has 1 atom stereocenters. The van der Waals surface area contributed by atoms with Crippen LogP contribution in [0.5, 0.6) is 11.6 Å². The zero-order chi connectivity index (χ0) is 19.6. The number of rotatable bonds is 5. The summed E-state index contributed by atoms with van der Waals surface area (Å²) >= 11 is 0. The lowest BCUT2D eigenvalue weighted by molar-refractivity contribution is -0.274. The Kier molecular flexibility index (Phi) is 5.10. The van der Waals surface area contributed by atoms with Crippen molar-refractivity contribution in [1.82, 2.24) is 10.5 Å². The first-order valence-corrected chi connectivity index (χ1v) is 8.67. The Morgan fingerprint density at radius 3 is 2.61 bits per heavy atom. The van der Waals surface area contributed by atoms with Gasteiger partial charge in [0.05, 0.1) is 24.6 Å². The standard InChI is InChI=1S/C19H17F3N2O4/c20-19(21,22)27-15-4-1-12(2-5-15)13-3-6-17-16(9-13)18(24-28-17)26-11-14-10-25-8-7-23-14/h1-6,9,14,23H,7-8,10-11H2/t14-/m0/s1. The molecule has 3 aromatic rings. The van der Waals surface area contributed by atoms with Crippen molar-refractivity contribution >= 4 is 11.0 Å². The van der Waals surface area contributed by atoms with Gasteiger partial charge in [0.25, 0.3) is 5.88 Å². The second-order valence-corrected chi connectivity index (χ2v) is 6.31. The maximum Gasteiger partial charge on any atom is 0.573 e. The van der Waals surface area contributed by atoms with E-state index in [2.05, 4.69) is 15.2 Å². The normalized spacial score (nSPS) is 17.6. The monoisotopic (exact) mass is 394 g/mol. The number of halogens is 3. The van der Waals surface area contributed by atoms with Crippen molar-refractivity contribution in [3.63, 3.8) is 0 Å². The third-order valence-corrected chi connectivity index (χ3v) is 4.28. The van der Waals surface area contributed by atoms with E-state index in [4.69, 9.17) is 14.0 Å². The quantitative estimate of drug-likeness (QED) is 0.711. The molecule has 28 heavy (non-hydrogen) atoms. The number of hydrogen-bond donors (Lipinski definition) is 1. The third kappa shape index (κ3) is 4.37. The van der Waals surface area contributed by atoms with Crippen LogP contribution >= 0.6 is 0 Å². The van der Waals surface area contributed by atoms with E-state index in [1.54, 1.807) is 24.3 Å². The van der Waals surface area contributed by atoms with Crippen LogP contribution in [0, 0.1) is 0 Å². The summed E-state index contributed by atoms with van der Waals surface area (Å²) in [6, 6.07) is 11.1. The smallest absolute Gasteiger partial charge is 0.473 e. The van der Waals surface area contributed by atoms with Crippen molar-refractivity contribution in [3.05, 3.63) is 42.5 Å². The molecule has 1 saturated heterocycles. The van der Waals surface area contributed by atoms with E-state index < -0.39 is 6.36 Å². The molecule has 1 N–H and O–H groups in total. The van der Waals surface area contributed by atoms with Gasteiger partial charge in [-0.05, 0) is 40.5 Å². The Morgan fingerprint density at radius 1 is 1.11 bits per heavy atom. The Labute approximate surface area is 158 Å². The lowest BCUT2D eigenvalue weighted by Crippen LogP contribution is -2.44. The SMILES string of the molecule is FC(F)(F)Oc1ccc(-c2ccc3onc(OC[C@@H]4COCCN4)c3c2)cc1. The van der Waals surface area contributed by atoms with Crippen molar-refractivity contribution in [3.8, 4) is 22.8 Å². The molecule has 2 aromatic carbocycles. The first kappa shape index (κ1) is 18.6. The molecule has 0 spiro atoms. The van der Waals surface area contributed by atoms with Crippen molar-refractivity contribution in [1.29, 1.82) is 0 Å². The van der Waals surface area contributed by atoms with Crippen LogP contribution in [0.25, 0.3) is 22.1 Å². The molecule has 1 aliphatic heterocycles. The predicted molar refractivity (Wildman–Crippen MR) is 94.2 cm³/mol. The second-order valence-electron chi connectivity index (χ2n) is 6.31. The van der Waals surface area contributed by atoms with Crippen LogP contribution in [0.15, 0.2) is 47.0 Å². The molecule has 0 aliphatic carbocycles. The average Bonchev–Trinajstić information content (AvgIpc) is 3.09. The van der Waals surface area contributed by atoms with Gasteiger partial charge in [-0.1, -0.05) is 18.2 Å². The van der Waals surface area contributed by atoms with E-state index in [0.29, 0.717) is 36.7 Å². The predicted octanol–water partition coefficient (Wildman–Crippen LogP) is 3.76. The molecule has 0 saturated carbocycles. The zero-order valence-corrected chi connectivity index (χ0v) is 14.7. The van der Waals surface area contributed by atoms with Gasteiger partial charge in [-0.25, -0.2) is 0 Å². The average molecular weight is 394 g/mol. The third-order valence-electron chi connectivity index (χ3n) is 4.28. The van der Waals surface area contributed by atoms with Gasteiger partial charge < -0.3 is 24.1 Å². The summed E-state index contributed by atoms with van der Waals surface area (Å²) in [6.45, 7) is 2.40. The number of ether oxygens (including phenoxy) is 3. The largest absolute Gasteiger partial charge is 0.573 e. The maximum atomic E-state index is 12.3. The Morgan fingerprint density at radius 2 is 1.89 bits per heavy atom. The molecule has 1 fully saturated rings. The van der Waals surface area contributed by atoms with Crippen molar-refractivity contribution in [2.45, 2.75) is 12.4 Å². The summed E-state index contributed by atoms with van der Waals surface area (Å²) in [5.74, 6) is 0.0924. The first-order valence-electron chi connectivity index (χ1n) is 8.67. The molecule has 0 amide bonds. The highest BCUT2D eigenvalue weighted by Gasteiger charge is 2.31. The minimum absolute atomic E-state index is 0.0739. The van der Waals surface area contributed by atoms with E-state index in [-0.39, 0.29) is 11.8 Å². The van der Waals surface area contributed by atoms with E-state index in [0.717, 1.165) is 17.7 Å². The highest BCUT2D eigenvalue weighted by Crippen LogP contribution is 2.32. The van der Waals surface area contributed by atoms with Crippen LogP contribution < -0.4 is 14.8 Å². The lowest BCUT2D eigenvalue weighted by atomic mass is 10.0. The summed E-state index contributed by atoms with van der Waals surface area (Å²) in [6.07, 6.45) is -4.71. The molecule has 0 bridgehead atoms. The first-order chi connectivity index (χ1) is 13.5. The van der Waals surface area contributed by atoms with Gasteiger partial charge in [-0.3, -0.25) is 0 Å². The van der Waals surface area contributed by atoms with Crippen LogP contribution in [0.2, 0.25) is 0 Å². The topological polar surface area (TPSA) is 65.8 Å². The molecular weight excluding hydrogens is 377 g/mol. The van der Waals surface area contributed by atoms with E-state index in [1.165, 1.54) is 12.1 Å². The Bertz CT molecular complexity index is 934. The molecular formula is C19H17F3N2O4. The fraction of sp³-hybridized carbons (Fsp3) is 0.316. The summed E-state index contributed by atoms with van der Waals surface area (Å²) in [4.78, 5) is 0. The molecule has 2 heterocycles. The number of fused-ring (bicyclic) bond motifs is 1. The highest BCUT2D eigenvalue weighted by molar-refractivity contribution is 5.87. The molecule has 6 nitrogen and oxygen atoms in total. The Balaban J connectivity index is 1.52. The Hall–Kier alpha value is -2.78. The lowest BCUT2D eigenvalue weighted by Gasteiger charge is -2.23. The van der Waals surface area contributed by atoms with E-state index in [1.807, 2.05) is 6.07 Å². The summed E-state index contributed by atoms with van der Waals surface area (Å²) < 4.78 is 57.2. The van der Waals surface area contributed by atoms with Gasteiger partial charge in [-0.2, -0.15) is 0 Å². The van der Waals surface area contributed by atoms with Crippen LogP contribution in [-0.2, 0) is 4.74 Å². The summed E-state index contributed by atoms with van der Waals surface area (Å²) in [7, 11) is 0.